The number of aromatic nitrogens is 1. The molecule has 2 N–H and O–H groups in total. The molecule has 0 saturated heterocycles. The number of carbonyl (C=O) groups is 1. The van der Waals surface area contributed by atoms with E-state index in [2.05, 4.69) is 4.98 Å². The zero-order valence-corrected chi connectivity index (χ0v) is 15.6. The molecule has 0 radical (unpaired) electrons. The summed E-state index contributed by atoms with van der Waals surface area (Å²) in [7, 11) is 0. The highest BCUT2D eigenvalue weighted by Crippen LogP contribution is 2.36. The summed E-state index contributed by atoms with van der Waals surface area (Å²) in [4.78, 5) is 29.1. The highest BCUT2D eigenvalue weighted by molar-refractivity contribution is 5.99. The van der Waals surface area contributed by atoms with E-state index in [0.29, 0.717) is 11.1 Å². The van der Waals surface area contributed by atoms with Crippen LogP contribution in [0, 0.1) is 0 Å². The number of rotatable bonds is 3. The van der Waals surface area contributed by atoms with Gasteiger partial charge >= 0.3 is 5.97 Å². The lowest BCUT2D eigenvalue weighted by molar-refractivity contribution is -0.00603. The van der Waals surface area contributed by atoms with Gasteiger partial charge in [-0.15, -0.1) is 0 Å². The van der Waals surface area contributed by atoms with Crippen molar-refractivity contribution in [2.24, 2.45) is 0 Å². The first kappa shape index (κ1) is 19.0. The van der Waals surface area contributed by atoms with E-state index in [1.54, 1.807) is 25.1 Å². The lowest BCUT2D eigenvalue weighted by atomic mass is 9.91. The second-order valence-electron chi connectivity index (χ2n) is 6.93. The van der Waals surface area contributed by atoms with E-state index in [9.17, 15) is 18.4 Å². The molecule has 1 aliphatic rings. The smallest absolute Gasteiger partial charge is 0.341 e. The van der Waals surface area contributed by atoms with E-state index < -0.39 is 11.9 Å². The monoisotopic (exact) mass is 400 g/mol. The second kappa shape index (κ2) is 6.95. The standard InChI is InChI=1S/C21H18F2N2O4/c1-2-28-20(27)15-10-14-17(26)13-9-12(11-5-7-21(22,23)8-6-11)3-4-16(13)29-19(14)25-18(15)24/h3-5,9-10H,2,6-8H2,1H3,(H2,24,25). The molecule has 8 heteroatoms. The van der Waals surface area contributed by atoms with E-state index in [0.717, 1.165) is 5.57 Å². The molecule has 0 amide bonds. The van der Waals surface area contributed by atoms with E-state index in [4.69, 9.17) is 14.9 Å². The Balaban J connectivity index is 1.86. The quantitative estimate of drug-likeness (QED) is 0.520. The van der Waals surface area contributed by atoms with Crippen molar-refractivity contribution in [1.29, 1.82) is 0 Å². The van der Waals surface area contributed by atoms with Gasteiger partial charge in [0.1, 0.15) is 17.0 Å². The highest BCUT2D eigenvalue weighted by Gasteiger charge is 2.31. The molecular formula is C21H18F2N2O4. The number of alkyl halides is 2. The minimum atomic E-state index is -2.69. The maximum Gasteiger partial charge on any atom is 0.341 e. The van der Waals surface area contributed by atoms with Crippen LogP contribution in [-0.2, 0) is 4.74 Å². The molecule has 1 aliphatic carbocycles. The fourth-order valence-corrected chi connectivity index (χ4v) is 3.42. The molecule has 4 rings (SSSR count). The molecule has 0 fully saturated rings. The van der Waals surface area contributed by atoms with Crippen LogP contribution in [0.15, 0.2) is 39.6 Å². The molecule has 29 heavy (non-hydrogen) atoms. The molecule has 0 aliphatic heterocycles. The van der Waals surface area contributed by atoms with Crippen LogP contribution in [-0.4, -0.2) is 23.5 Å². The predicted octanol–water partition coefficient (Wildman–Crippen LogP) is 4.30. The Morgan fingerprint density at radius 2 is 2.10 bits per heavy atom. The summed E-state index contributed by atoms with van der Waals surface area (Å²) >= 11 is 0. The zero-order valence-electron chi connectivity index (χ0n) is 15.6. The van der Waals surface area contributed by atoms with Gasteiger partial charge in [0.05, 0.1) is 17.4 Å². The number of nitrogen functional groups attached to an aromatic ring is 1. The average molecular weight is 400 g/mol. The minimum absolute atomic E-state index is 0.0114. The number of fused-ring (bicyclic) bond motifs is 2. The SMILES string of the molecule is CCOC(=O)c1cc2c(=O)c3cc(C4=CCC(F)(F)CC4)ccc3oc2nc1N. The molecule has 0 saturated carbocycles. The fourth-order valence-electron chi connectivity index (χ4n) is 3.42. The van der Waals surface area contributed by atoms with Crippen LogP contribution in [0.25, 0.3) is 27.6 Å². The summed E-state index contributed by atoms with van der Waals surface area (Å²) in [6.45, 7) is 1.81. The van der Waals surface area contributed by atoms with Gasteiger partial charge in [0.2, 0.25) is 11.1 Å². The van der Waals surface area contributed by atoms with Crippen molar-refractivity contribution >= 4 is 39.4 Å². The molecular weight excluding hydrogens is 382 g/mol. The van der Waals surface area contributed by atoms with Crippen molar-refractivity contribution in [3.05, 3.63) is 51.7 Å². The van der Waals surface area contributed by atoms with E-state index >= 15 is 0 Å². The summed E-state index contributed by atoms with van der Waals surface area (Å²) in [6.07, 6.45) is 1.19. The van der Waals surface area contributed by atoms with Crippen molar-refractivity contribution in [3.8, 4) is 0 Å². The Hall–Kier alpha value is -3.29. The van der Waals surface area contributed by atoms with Crippen LogP contribution in [0.1, 0.15) is 42.1 Å². The molecule has 2 aromatic heterocycles. The van der Waals surface area contributed by atoms with Gasteiger partial charge in [0.15, 0.2) is 0 Å². The van der Waals surface area contributed by atoms with Crippen LogP contribution in [0.3, 0.4) is 0 Å². The van der Waals surface area contributed by atoms with Crippen molar-refractivity contribution in [1.82, 2.24) is 4.98 Å². The number of halogens is 2. The summed E-state index contributed by atoms with van der Waals surface area (Å²) < 4.78 is 37.5. The molecule has 1 aromatic carbocycles. The number of hydrogen-bond acceptors (Lipinski definition) is 6. The van der Waals surface area contributed by atoms with Gasteiger partial charge in [-0.2, -0.15) is 4.98 Å². The number of nitrogens with two attached hydrogens (primary N) is 1. The maximum atomic E-state index is 13.4. The summed E-state index contributed by atoms with van der Waals surface area (Å²) in [5.41, 5.74) is 7.17. The summed E-state index contributed by atoms with van der Waals surface area (Å²) in [5, 5.41) is 0.366. The van der Waals surface area contributed by atoms with E-state index in [1.807, 2.05) is 0 Å². The number of pyridine rings is 1. The largest absolute Gasteiger partial charge is 0.462 e. The lowest BCUT2D eigenvalue weighted by Gasteiger charge is -2.21. The number of ether oxygens (including phenoxy) is 1. The molecule has 0 unspecified atom stereocenters. The molecule has 2 heterocycles. The number of allylic oxidation sites excluding steroid dienone is 2. The number of carbonyl (C=O) groups excluding carboxylic acids is 1. The van der Waals surface area contributed by atoms with Gasteiger partial charge < -0.3 is 14.9 Å². The van der Waals surface area contributed by atoms with Crippen LogP contribution in [0.2, 0.25) is 0 Å². The van der Waals surface area contributed by atoms with Crippen LogP contribution < -0.4 is 11.2 Å². The third-order valence-corrected chi connectivity index (χ3v) is 4.97. The first-order valence-electron chi connectivity index (χ1n) is 9.20. The minimum Gasteiger partial charge on any atom is -0.462 e. The first-order chi connectivity index (χ1) is 13.8. The Kier molecular flexibility index (Phi) is 4.56. The van der Waals surface area contributed by atoms with Crippen LogP contribution >= 0.6 is 0 Å². The third-order valence-electron chi connectivity index (χ3n) is 4.97. The first-order valence-corrected chi connectivity index (χ1v) is 9.20. The van der Waals surface area contributed by atoms with E-state index in [1.165, 1.54) is 12.1 Å². The van der Waals surface area contributed by atoms with Gasteiger partial charge in [-0.05, 0) is 42.7 Å². The number of esters is 1. The van der Waals surface area contributed by atoms with Crippen molar-refractivity contribution in [3.63, 3.8) is 0 Å². The van der Waals surface area contributed by atoms with Gasteiger partial charge in [-0.25, -0.2) is 13.6 Å². The van der Waals surface area contributed by atoms with Gasteiger partial charge in [-0.1, -0.05) is 12.1 Å². The van der Waals surface area contributed by atoms with Crippen LogP contribution in [0.4, 0.5) is 14.6 Å². The molecule has 0 spiro atoms. The Morgan fingerprint density at radius 3 is 2.79 bits per heavy atom. The average Bonchev–Trinajstić information content (AvgIpc) is 2.68. The molecule has 0 bridgehead atoms. The molecule has 150 valence electrons. The van der Waals surface area contributed by atoms with Gasteiger partial charge in [0, 0.05) is 12.8 Å². The Labute approximate surface area is 164 Å². The van der Waals surface area contributed by atoms with Crippen molar-refractivity contribution in [2.45, 2.75) is 32.1 Å². The van der Waals surface area contributed by atoms with E-state index in [-0.39, 0.29) is 59.2 Å². The fraction of sp³-hybridized carbons (Fsp3) is 0.286. The van der Waals surface area contributed by atoms with Crippen molar-refractivity contribution in [2.75, 3.05) is 12.3 Å². The molecule has 6 nitrogen and oxygen atoms in total. The second-order valence-corrected chi connectivity index (χ2v) is 6.93. The van der Waals surface area contributed by atoms with Gasteiger partial charge in [-0.3, -0.25) is 4.79 Å². The lowest BCUT2D eigenvalue weighted by Crippen LogP contribution is -2.18. The van der Waals surface area contributed by atoms with Crippen molar-refractivity contribution < 1.29 is 22.7 Å². The normalized spacial score (nSPS) is 16.0. The summed E-state index contributed by atoms with van der Waals surface area (Å²) in [5.74, 6) is -3.46. The highest BCUT2D eigenvalue weighted by atomic mass is 19.3. The number of nitrogens with zero attached hydrogens (tertiary/aromatic N) is 1. The Morgan fingerprint density at radius 1 is 1.31 bits per heavy atom. The van der Waals surface area contributed by atoms with Crippen LogP contribution in [0.5, 0.6) is 0 Å². The molecule has 3 aromatic rings. The third kappa shape index (κ3) is 3.46. The topological polar surface area (TPSA) is 95.4 Å². The van der Waals surface area contributed by atoms with Gasteiger partial charge in [0.25, 0.3) is 5.92 Å². The Bertz CT molecular complexity index is 1230. The predicted molar refractivity (Wildman–Crippen MR) is 105 cm³/mol. The summed E-state index contributed by atoms with van der Waals surface area (Å²) in [6, 6.07) is 6.27. The molecule has 0 atom stereocenters. The number of benzene rings is 1. The number of anilines is 1. The maximum absolute atomic E-state index is 13.4. The zero-order chi connectivity index (χ0) is 20.8. The number of hydrogen-bond donors (Lipinski definition) is 1.